The van der Waals surface area contributed by atoms with Crippen molar-refractivity contribution in [1.29, 1.82) is 0 Å². The molecule has 0 saturated carbocycles. The van der Waals surface area contributed by atoms with Crippen LogP contribution in [0.2, 0.25) is 0 Å². The summed E-state index contributed by atoms with van der Waals surface area (Å²) in [5, 5.41) is 7.89. The van der Waals surface area contributed by atoms with Crippen molar-refractivity contribution < 1.29 is 0 Å². The predicted octanol–water partition coefficient (Wildman–Crippen LogP) is 1.41. The molecule has 0 amide bonds. The number of aromatic nitrogens is 4. The van der Waals surface area contributed by atoms with Crippen LogP contribution in [0.15, 0.2) is 18.7 Å². The van der Waals surface area contributed by atoms with Crippen LogP contribution < -0.4 is 5.32 Å². The molecule has 0 bridgehead atoms. The first-order valence-electron chi connectivity index (χ1n) is 5.95. The summed E-state index contributed by atoms with van der Waals surface area (Å²) in [4.78, 5) is 4.09. The first-order chi connectivity index (χ1) is 8.24. The van der Waals surface area contributed by atoms with E-state index in [9.17, 15) is 0 Å². The number of imidazole rings is 1. The van der Waals surface area contributed by atoms with Gasteiger partial charge in [0.25, 0.3) is 0 Å². The SMILES string of the molecule is CCCNCc1c(C)nn(C)c1-n1ccnc1. The van der Waals surface area contributed by atoms with E-state index in [4.69, 9.17) is 0 Å². The molecule has 0 unspecified atom stereocenters. The summed E-state index contributed by atoms with van der Waals surface area (Å²) in [6, 6.07) is 0. The predicted molar refractivity (Wildman–Crippen MR) is 67.1 cm³/mol. The third kappa shape index (κ3) is 2.39. The lowest BCUT2D eigenvalue weighted by atomic mass is 10.2. The minimum atomic E-state index is 0.848. The van der Waals surface area contributed by atoms with E-state index in [1.165, 1.54) is 5.56 Å². The van der Waals surface area contributed by atoms with Crippen molar-refractivity contribution in [3.8, 4) is 5.82 Å². The summed E-state index contributed by atoms with van der Waals surface area (Å²) in [5.41, 5.74) is 2.30. The molecule has 0 aromatic carbocycles. The van der Waals surface area contributed by atoms with E-state index in [2.05, 4.69) is 22.3 Å². The van der Waals surface area contributed by atoms with Crippen molar-refractivity contribution >= 4 is 0 Å². The Morgan fingerprint density at radius 3 is 2.88 bits per heavy atom. The van der Waals surface area contributed by atoms with E-state index >= 15 is 0 Å². The number of hydrogen-bond donors (Lipinski definition) is 1. The Bertz CT molecular complexity index is 469. The first kappa shape index (κ1) is 11.9. The highest BCUT2D eigenvalue weighted by Gasteiger charge is 2.13. The molecule has 1 N–H and O–H groups in total. The highest BCUT2D eigenvalue weighted by Crippen LogP contribution is 2.17. The summed E-state index contributed by atoms with van der Waals surface area (Å²) in [7, 11) is 1.96. The van der Waals surface area contributed by atoms with Crippen molar-refractivity contribution in [1.82, 2.24) is 24.6 Å². The van der Waals surface area contributed by atoms with Gasteiger partial charge in [-0.1, -0.05) is 6.92 Å². The zero-order valence-electron chi connectivity index (χ0n) is 10.6. The van der Waals surface area contributed by atoms with Gasteiger partial charge in [0.2, 0.25) is 0 Å². The van der Waals surface area contributed by atoms with Crippen molar-refractivity contribution in [2.24, 2.45) is 7.05 Å². The van der Waals surface area contributed by atoms with Crippen LogP contribution in [-0.2, 0) is 13.6 Å². The van der Waals surface area contributed by atoms with E-state index in [0.717, 1.165) is 31.0 Å². The van der Waals surface area contributed by atoms with Gasteiger partial charge in [-0.05, 0) is 19.9 Å². The zero-order chi connectivity index (χ0) is 12.3. The van der Waals surface area contributed by atoms with Crippen molar-refractivity contribution in [3.05, 3.63) is 30.0 Å². The monoisotopic (exact) mass is 233 g/mol. The lowest BCUT2D eigenvalue weighted by molar-refractivity contribution is 0.667. The van der Waals surface area contributed by atoms with Crippen LogP contribution in [0.5, 0.6) is 0 Å². The number of nitrogens with one attached hydrogen (secondary N) is 1. The van der Waals surface area contributed by atoms with E-state index in [0.29, 0.717) is 0 Å². The van der Waals surface area contributed by atoms with Gasteiger partial charge in [-0.15, -0.1) is 0 Å². The van der Waals surface area contributed by atoms with E-state index in [1.807, 2.05) is 29.4 Å². The Kier molecular flexibility index (Phi) is 3.58. The summed E-state index contributed by atoms with van der Waals surface area (Å²) in [5.74, 6) is 1.09. The molecule has 2 aromatic heterocycles. The number of nitrogens with zero attached hydrogens (tertiary/aromatic N) is 4. The van der Waals surface area contributed by atoms with E-state index in [1.54, 1.807) is 12.5 Å². The molecule has 0 saturated heterocycles. The maximum Gasteiger partial charge on any atom is 0.140 e. The molecule has 0 fully saturated rings. The molecular weight excluding hydrogens is 214 g/mol. The zero-order valence-corrected chi connectivity index (χ0v) is 10.6. The Labute approximate surface area is 101 Å². The highest BCUT2D eigenvalue weighted by molar-refractivity contribution is 5.37. The first-order valence-corrected chi connectivity index (χ1v) is 5.95. The van der Waals surface area contributed by atoms with Crippen LogP contribution in [0.3, 0.4) is 0 Å². The molecule has 92 valence electrons. The van der Waals surface area contributed by atoms with Gasteiger partial charge in [0.1, 0.15) is 12.1 Å². The molecule has 0 aliphatic carbocycles. The number of aryl methyl sites for hydroxylation is 2. The molecule has 0 spiro atoms. The van der Waals surface area contributed by atoms with Crippen LogP contribution in [0.4, 0.5) is 0 Å². The second-order valence-corrected chi connectivity index (χ2v) is 4.16. The fourth-order valence-corrected chi connectivity index (χ4v) is 1.99. The third-order valence-corrected chi connectivity index (χ3v) is 2.79. The van der Waals surface area contributed by atoms with Crippen LogP contribution in [-0.4, -0.2) is 25.9 Å². The van der Waals surface area contributed by atoms with Gasteiger partial charge in [-0.25, -0.2) is 4.98 Å². The Morgan fingerprint density at radius 1 is 1.41 bits per heavy atom. The molecule has 5 heteroatoms. The minimum Gasteiger partial charge on any atom is -0.312 e. The fourth-order valence-electron chi connectivity index (χ4n) is 1.99. The van der Waals surface area contributed by atoms with Crippen LogP contribution in [0.1, 0.15) is 24.6 Å². The summed E-state index contributed by atoms with van der Waals surface area (Å²) in [6.45, 7) is 6.09. The van der Waals surface area contributed by atoms with Gasteiger partial charge in [-0.2, -0.15) is 5.10 Å². The molecule has 0 radical (unpaired) electrons. The fraction of sp³-hybridized carbons (Fsp3) is 0.500. The molecule has 0 aliphatic rings. The molecule has 2 aromatic rings. The maximum atomic E-state index is 4.47. The largest absolute Gasteiger partial charge is 0.312 e. The quantitative estimate of drug-likeness (QED) is 0.794. The third-order valence-electron chi connectivity index (χ3n) is 2.79. The van der Waals surface area contributed by atoms with Crippen LogP contribution >= 0.6 is 0 Å². The Hall–Kier alpha value is -1.62. The van der Waals surface area contributed by atoms with Crippen molar-refractivity contribution in [2.75, 3.05) is 6.54 Å². The van der Waals surface area contributed by atoms with Gasteiger partial charge < -0.3 is 5.32 Å². The summed E-state index contributed by atoms with van der Waals surface area (Å²) < 4.78 is 3.91. The summed E-state index contributed by atoms with van der Waals surface area (Å²) >= 11 is 0. The van der Waals surface area contributed by atoms with Gasteiger partial charge in [0.15, 0.2) is 0 Å². The molecule has 0 atom stereocenters. The van der Waals surface area contributed by atoms with Gasteiger partial charge in [0, 0.05) is 31.5 Å². The highest BCUT2D eigenvalue weighted by atomic mass is 15.3. The van der Waals surface area contributed by atoms with Gasteiger partial charge in [0.05, 0.1) is 5.69 Å². The molecular formula is C12H19N5. The molecule has 2 heterocycles. The second-order valence-electron chi connectivity index (χ2n) is 4.16. The number of rotatable bonds is 5. The van der Waals surface area contributed by atoms with E-state index in [-0.39, 0.29) is 0 Å². The lowest BCUT2D eigenvalue weighted by Gasteiger charge is -2.08. The van der Waals surface area contributed by atoms with Crippen LogP contribution in [0, 0.1) is 6.92 Å². The van der Waals surface area contributed by atoms with Crippen LogP contribution in [0.25, 0.3) is 5.82 Å². The average molecular weight is 233 g/mol. The van der Waals surface area contributed by atoms with Gasteiger partial charge >= 0.3 is 0 Å². The standard InChI is InChI=1S/C12H19N5/c1-4-5-13-8-11-10(2)15-16(3)12(11)17-7-6-14-9-17/h6-7,9,13H,4-5,8H2,1-3H3. The molecule has 2 rings (SSSR count). The van der Waals surface area contributed by atoms with Crippen molar-refractivity contribution in [3.63, 3.8) is 0 Å². The number of hydrogen-bond acceptors (Lipinski definition) is 3. The minimum absolute atomic E-state index is 0.848. The summed E-state index contributed by atoms with van der Waals surface area (Å²) in [6.07, 6.45) is 6.67. The van der Waals surface area contributed by atoms with Gasteiger partial charge in [-0.3, -0.25) is 9.25 Å². The molecule has 5 nitrogen and oxygen atoms in total. The normalized spacial score (nSPS) is 11.0. The Balaban J connectivity index is 2.30. The molecule has 0 aliphatic heterocycles. The van der Waals surface area contributed by atoms with E-state index < -0.39 is 0 Å². The average Bonchev–Trinajstić information content (AvgIpc) is 2.88. The maximum absolute atomic E-state index is 4.47. The molecule has 17 heavy (non-hydrogen) atoms. The Morgan fingerprint density at radius 2 is 2.24 bits per heavy atom. The van der Waals surface area contributed by atoms with Crippen molar-refractivity contribution in [2.45, 2.75) is 26.8 Å². The lowest BCUT2D eigenvalue weighted by Crippen LogP contribution is -2.16. The smallest absolute Gasteiger partial charge is 0.140 e. The topological polar surface area (TPSA) is 47.7 Å². The second kappa shape index (κ2) is 5.14.